The van der Waals surface area contributed by atoms with Crippen LogP contribution >= 0.6 is 23.4 Å². The van der Waals surface area contributed by atoms with Crippen LogP contribution < -0.4 is 0 Å². The molecule has 2 heterocycles. The molecule has 1 amide bonds. The predicted molar refractivity (Wildman–Crippen MR) is 122 cm³/mol. The SMILES string of the molecule is O=C(c1ccccc1SC1CCS(=O)(=O)C1)N1CCN(Cc2ccc(Cl)cc2)CC1. The maximum atomic E-state index is 13.2. The number of nitrogens with zero attached hydrogens (tertiary/aromatic N) is 2. The number of rotatable bonds is 5. The van der Waals surface area contributed by atoms with Crippen LogP contribution in [0.2, 0.25) is 5.02 Å². The van der Waals surface area contributed by atoms with Gasteiger partial charge >= 0.3 is 0 Å². The molecule has 2 saturated heterocycles. The molecule has 2 aromatic carbocycles. The lowest BCUT2D eigenvalue weighted by atomic mass is 10.1. The van der Waals surface area contributed by atoms with Crippen molar-refractivity contribution in [2.45, 2.75) is 23.1 Å². The summed E-state index contributed by atoms with van der Waals surface area (Å²) in [5, 5.41) is 0.765. The van der Waals surface area contributed by atoms with E-state index in [4.69, 9.17) is 11.6 Å². The molecule has 0 aliphatic carbocycles. The number of carbonyl (C=O) groups is 1. The summed E-state index contributed by atoms with van der Waals surface area (Å²) in [6, 6.07) is 15.5. The van der Waals surface area contributed by atoms with Crippen molar-refractivity contribution >= 4 is 39.1 Å². The van der Waals surface area contributed by atoms with E-state index < -0.39 is 9.84 Å². The average molecular weight is 465 g/mol. The van der Waals surface area contributed by atoms with E-state index in [1.54, 1.807) is 0 Å². The monoisotopic (exact) mass is 464 g/mol. The van der Waals surface area contributed by atoms with Crippen molar-refractivity contribution in [2.24, 2.45) is 0 Å². The van der Waals surface area contributed by atoms with Crippen molar-refractivity contribution in [1.82, 2.24) is 9.80 Å². The summed E-state index contributed by atoms with van der Waals surface area (Å²) in [5.41, 5.74) is 1.89. The Balaban J connectivity index is 1.37. The van der Waals surface area contributed by atoms with Gasteiger partial charge in [-0.1, -0.05) is 35.9 Å². The number of hydrogen-bond donors (Lipinski definition) is 0. The number of piperazine rings is 1. The maximum Gasteiger partial charge on any atom is 0.255 e. The number of benzene rings is 2. The fourth-order valence-corrected chi connectivity index (χ4v) is 7.65. The molecule has 2 aliphatic rings. The Morgan fingerprint density at radius 2 is 1.73 bits per heavy atom. The van der Waals surface area contributed by atoms with Gasteiger partial charge in [0, 0.05) is 47.9 Å². The first kappa shape index (κ1) is 21.7. The minimum Gasteiger partial charge on any atom is -0.336 e. The van der Waals surface area contributed by atoms with Gasteiger partial charge in [-0.05, 0) is 36.2 Å². The molecule has 1 unspecified atom stereocenters. The summed E-state index contributed by atoms with van der Waals surface area (Å²) in [5.74, 6) is 0.477. The fraction of sp³-hybridized carbons (Fsp3) is 0.409. The van der Waals surface area contributed by atoms with E-state index in [-0.39, 0.29) is 22.7 Å². The molecule has 5 nitrogen and oxygen atoms in total. The highest BCUT2D eigenvalue weighted by Crippen LogP contribution is 2.33. The second kappa shape index (κ2) is 9.30. The third-order valence-corrected chi connectivity index (χ3v) is 9.16. The largest absolute Gasteiger partial charge is 0.336 e. The molecular formula is C22H25ClN2O3S2. The smallest absolute Gasteiger partial charge is 0.255 e. The van der Waals surface area contributed by atoms with Crippen molar-refractivity contribution in [3.05, 3.63) is 64.7 Å². The van der Waals surface area contributed by atoms with Crippen molar-refractivity contribution in [1.29, 1.82) is 0 Å². The summed E-state index contributed by atoms with van der Waals surface area (Å²) in [6.45, 7) is 3.86. The van der Waals surface area contributed by atoms with Gasteiger partial charge in [-0.15, -0.1) is 11.8 Å². The number of carbonyl (C=O) groups excluding carboxylic acids is 1. The third kappa shape index (κ3) is 5.38. The lowest BCUT2D eigenvalue weighted by Crippen LogP contribution is -2.48. The first-order valence-corrected chi connectivity index (χ1v) is 13.2. The van der Waals surface area contributed by atoms with Gasteiger partial charge in [-0.3, -0.25) is 9.69 Å². The Bertz CT molecular complexity index is 1000. The van der Waals surface area contributed by atoms with Crippen LogP contribution in [0.4, 0.5) is 0 Å². The van der Waals surface area contributed by atoms with Crippen LogP contribution in [-0.4, -0.2) is 67.1 Å². The van der Waals surface area contributed by atoms with Gasteiger partial charge in [0.15, 0.2) is 9.84 Å². The summed E-state index contributed by atoms with van der Waals surface area (Å²) in [6.07, 6.45) is 0.652. The van der Waals surface area contributed by atoms with E-state index in [9.17, 15) is 13.2 Å². The Kier molecular flexibility index (Phi) is 6.72. The topological polar surface area (TPSA) is 57.7 Å². The summed E-state index contributed by atoms with van der Waals surface area (Å²) < 4.78 is 23.6. The van der Waals surface area contributed by atoms with E-state index in [1.165, 1.54) is 17.3 Å². The summed E-state index contributed by atoms with van der Waals surface area (Å²) >= 11 is 7.49. The zero-order valence-electron chi connectivity index (χ0n) is 16.7. The molecule has 0 N–H and O–H groups in total. The number of halogens is 1. The molecule has 2 aliphatic heterocycles. The standard InChI is InChI=1S/C22H25ClN2O3S2/c23-18-7-5-17(6-8-18)15-24-10-12-25(13-11-24)22(26)20-3-1-2-4-21(20)29-19-9-14-30(27,28)16-19/h1-8,19H,9-16H2. The quantitative estimate of drug-likeness (QED) is 0.677. The van der Waals surface area contributed by atoms with Crippen LogP contribution in [0.25, 0.3) is 0 Å². The van der Waals surface area contributed by atoms with Gasteiger partial charge in [0.25, 0.3) is 5.91 Å². The molecule has 0 spiro atoms. The van der Waals surface area contributed by atoms with E-state index in [1.807, 2.05) is 53.4 Å². The third-order valence-electron chi connectivity index (χ3n) is 5.58. The molecule has 0 bridgehead atoms. The van der Waals surface area contributed by atoms with Gasteiger partial charge in [0.05, 0.1) is 17.1 Å². The van der Waals surface area contributed by atoms with Crippen LogP contribution in [-0.2, 0) is 16.4 Å². The second-order valence-electron chi connectivity index (χ2n) is 7.83. The predicted octanol–water partition coefficient (Wildman–Crippen LogP) is 3.58. The van der Waals surface area contributed by atoms with Crippen LogP contribution in [0.5, 0.6) is 0 Å². The molecule has 160 valence electrons. The molecule has 4 rings (SSSR count). The van der Waals surface area contributed by atoms with Crippen LogP contribution in [0.1, 0.15) is 22.3 Å². The van der Waals surface area contributed by atoms with Crippen LogP contribution in [0, 0.1) is 0 Å². The van der Waals surface area contributed by atoms with Gasteiger partial charge in [-0.25, -0.2) is 8.42 Å². The van der Waals surface area contributed by atoms with Gasteiger partial charge in [-0.2, -0.15) is 0 Å². The highest BCUT2D eigenvalue weighted by molar-refractivity contribution is 8.02. The number of hydrogen-bond acceptors (Lipinski definition) is 5. The van der Waals surface area contributed by atoms with E-state index in [0.717, 1.165) is 29.6 Å². The average Bonchev–Trinajstić information content (AvgIpc) is 3.08. The second-order valence-corrected chi connectivity index (χ2v) is 11.8. The molecular weight excluding hydrogens is 440 g/mol. The Labute approximate surface area is 187 Å². The van der Waals surface area contributed by atoms with Crippen molar-refractivity contribution in [2.75, 3.05) is 37.7 Å². The molecule has 30 heavy (non-hydrogen) atoms. The number of sulfone groups is 1. The van der Waals surface area contributed by atoms with E-state index in [2.05, 4.69) is 4.90 Å². The van der Waals surface area contributed by atoms with E-state index in [0.29, 0.717) is 25.1 Å². The maximum absolute atomic E-state index is 13.2. The van der Waals surface area contributed by atoms with Gasteiger partial charge < -0.3 is 4.90 Å². The minimum absolute atomic E-state index is 0.0279. The highest BCUT2D eigenvalue weighted by Gasteiger charge is 2.30. The van der Waals surface area contributed by atoms with Crippen molar-refractivity contribution < 1.29 is 13.2 Å². The van der Waals surface area contributed by atoms with Crippen LogP contribution in [0.15, 0.2) is 53.4 Å². The zero-order chi connectivity index (χ0) is 21.1. The Hall–Kier alpha value is -1.54. The highest BCUT2D eigenvalue weighted by atomic mass is 35.5. The first-order valence-electron chi connectivity index (χ1n) is 10.1. The fourth-order valence-electron chi connectivity index (χ4n) is 3.91. The number of amides is 1. The zero-order valence-corrected chi connectivity index (χ0v) is 19.1. The lowest BCUT2D eigenvalue weighted by Gasteiger charge is -2.35. The molecule has 1 atom stereocenters. The molecule has 0 saturated carbocycles. The number of thioether (sulfide) groups is 1. The van der Waals surface area contributed by atoms with Gasteiger partial charge in [0.2, 0.25) is 0 Å². The molecule has 2 aromatic rings. The molecule has 8 heteroatoms. The first-order chi connectivity index (χ1) is 14.4. The van der Waals surface area contributed by atoms with Crippen molar-refractivity contribution in [3.8, 4) is 0 Å². The Morgan fingerprint density at radius 3 is 2.40 bits per heavy atom. The normalized spacial score (nSPS) is 21.6. The molecule has 2 fully saturated rings. The Morgan fingerprint density at radius 1 is 1.03 bits per heavy atom. The molecule has 0 aromatic heterocycles. The van der Waals surface area contributed by atoms with Gasteiger partial charge in [0.1, 0.15) is 0 Å². The summed E-state index contributed by atoms with van der Waals surface area (Å²) in [4.78, 5) is 18.3. The van der Waals surface area contributed by atoms with E-state index >= 15 is 0 Å². The van der Waals surface area contributed by atoms with Crippen LogP contribution in [0.3, 0.4) is 0 Å². The van der Waals surface area contributed by atoms with Crippen molar-refractivity contribution in [3.63, 3.8) is 0 Å². The molecule has 0 radical (unpaired) electrons. The minimum atomic E-state index is -2.93. The summed E-state index contributed by atoms with van der Waals surface area (Å²) in [7, 11) is -2.93. The lowest BCUT2D eigenvalue weighted by molar-refractivity contribution is 0.0625.